The van der Waals surface area contributed by atoms with Gasteiger partial charge in [-0.05, 0) is 49.3 Å². The van der Waals surface area contributed by atoms with E-state index in [0.29, 0.717) is 31.2 Å². The number of sulfonamides is 1. The Morgan fingerprint density at radius 3 is 2.39 bits per heavy atom. The average Bonchev–Trinajstić information content (AvgIpc) is 3.37. The molecule has 15 nitrogen and oxygen atoms in total. The summed E-state index contributed by atoms with van der Waals surface area (Å²) in [5.41, 5.74) is -2.03. The molecule has 46 heavy (non-hydrogen) atoms. The minimum atomic E-state index is -3.87. The van der Waals surface area contributed by atoms with E-state index in [1.165, 1.54) is 55.1 Å². The molecule has 1 saturated heterocycles. The highest BCUT2D eigenvalue weighted by atomic mass is 32.2. The van der Waals surface area contributed by atoms with Gasteiger partial charge in [-0.2, -0.15) is 4.31 Å². The first kappa shape index (κ1) is 31.3. The number of aryl methyl sites for hydroxylation is 1. The van der Waals surface area contributed by atoms with Crippen molar-refractivity contribution in [2.45, 2.75) is 49.3 Å². The fourth-order valence-electron chi connectivity index (χ4n) is 6.32. The lowest BCUT2D eigenvalue weighted by molar-refractivity contribution is -0.148. The molecular formula is C29H33FN8O7S. The Morgan fingerprint density at radius 2 is 1.76 bits per heavy atom. The van der Waals surface area contributed by atoms with Crippen molar-refractivity contribution in [3.63, 3.8) is 0 Å². The van der Waals surface area contributed by atoms with Crippen molar-refractivity contribution in [1.29, 1.82) is 0 Å². The van der Waals surface area contributed by atoms with E-state index in [-0.39, 0.29) is 56.0 Å². The van der Waals surface area contributed by atoms with E-state index in [2.05, 4.69) is 20.6 Å². The number of halogens is 1. The summed E-state index contributed by atoms with van der Waals surface area (Å²) in [7, 11) is -2.21. The van der Waals surface area contributed by atoms with Crippen molar-refractivity contribution < 1.29 is 32.3 Å². The Morgan fingerprint density at radius 1 is 1.09 bits per heavy atom. The van der Waals surface area contributed by atoms with Crippen LogP contribution in [-0.2, 0) is 45.3 Å². The number of amides is 3. The van der Waals surface area contributed by atoms with Crippen LogP contribution in [0.5, 0.6) is 5.75 Å². The van der Waals surface area contributed by atoms with Crippen LogP contribution in [0, 0.1) is 11.7 Å². The average molecular weight is 657 g/mol. The second-order valence-corrected chi connectivity index (χ2v) is 13.8. The summed E-state index contributed by atoms with van der Waals surface area (Å²) in [5, 5.41) is 16.0. The van der Waals surface area contributed by atoms with Crippen LogP contribution in [0.25, 0.3) is 0 Å². The fourth-order valence-corrected chi connectivity index (χ4v) is 7.71. The maximum absolute atomic E-state index is 13.5. The predicted molar refractivity (Wildman–Crippen MR) is 158 cm³/mol. The van der Waals surface area contributed by atoms with Gasteiger partial charge in [-0.25, -0.2) is 22.8 Å². The molecule has 7 rings (SSSR count). The third-order valence-electron chi connectivity index (χ3n) is 8.91. The number of rotatable bonds is 6. The van der Waals surface area contributed by atoms with Crippen LogP contribution < -0.4 is 16.2 Å². The van der Waals surface area contributed by atoms with Gasteiger partial charge in [-0.15, -0.1) is 0 Å². The molecule has 17 heteroatoms. The van der Waals surface area contributed by atoms with Gasteiger partial charge in [0.1, 0.15) is 11.6 Å². The van der Waals surface area contributed by atoms with E-state index < -0.39 is 56.1 Å². The zero-order valence-corrected chi connectivity index (χ0v) is 25.8. The fraction of sp³-hybridized carbons (Fsp3) is 0.448. The molecule has 2 bridgehead atoms. The van der Waals surface area contributed by atoms with Crippen molar-refractivity contribution in [3.05, 3.63) is 70.0 Å². The maximum Gasteiger partial charge on any atom is 0.311 e. The number of carbonyl (C=O) groups excluding carboxylic acids is 3. The number of carbonyl (C=O) groups is 3. The molecule has 0 unspecified atom stereocenters. The van der Waals surface area contributed by atoms with E-state index in [1.54, 1.807) is 7.05 Å². The molecule has 0 atom stereocenters. The summed E-state index contributed by atoms with van der Waals surface area (Å²) in [4.78, 5) is 62.8. The smallest absolute Gasteiger partial charge is 0.311 e. The number of hydrogen-bond donors (Lipinski definition) is 3. The lowest BCUT2D eigenvalue weighted by atomic mass is 9.77. The van der Waals surface area contributed by atoms with Crippen LogP contribution >= 0.6 is 0 Å². The second-order valence-electron chi connectivity index (χ2n) is 11.9. The van der Waals surface area contributed by atoms with Crippen molar-refractivity contribution in [2.75, 3.05) is 26.2 Å². The Labute approximate surface area is 263 Å². The SMILES string of the molecule is Cn1cnc(S(=O)(=O)N2CCN(C(=O)C(=O)NC34CCC(CC3)Cn3c4nc(C(=O)NCc4ccc(F)cc4)c(O)c3=O)CC2)c1. The largest absolute Gasteiger partial charge is 0.501 e. The van der Waals surface area contributed by atoms with Gasteiger partial charge in [0.2, 0.25) is 5.75 Å². The first-order valence-electron chi connectivity index (χ1n) is 14.8. The van der Waals surface area contributed by atoms with E-state index in [1.807, 2.05) is 0 Å². The predicted octanol–water partition coefficient (Wildman–Crippen LogP) is -0.200. The zero-order chi connectivity index (χ0) is 32.8. The summed E-state index contributed by atoms with van der Waals surface area (Å²) in [6.07, 6.45) is 4.67. The van der Waals surface area contributed by atoms with Gasteiger partial charge in [0, 0.05) is 52.5 Å². The number of fused-ring (bicyclic) bond motifs is 2. The van der Waals surface area contributed by atoms with Crippen LogP contribution in [0.15, 0.2) is 46.6 Å². The maximum atomic E-state index is 13.5. The summed E-state index contributed by atoms with van der Waals surface area (Å²) < 4.78 is 43.1. The molecule has 4 aliphatic rings. The highest BCUT2D eigenvalue weighted by Crippen LogP contribution is 2.43. The van der Waals surface area contributed by atoms with Gasteiger partial charge in [-0.1, -0.05) is 12.1 Å². The summed E-state index contributed by atoms with van der Waals surface area (Å²) in [6.45, 7) is 0.111. The number of benzene rings is 1. The third-order valence-corrected chi connectivity index (χ3v) is 10.7. The third kappa shape index (κ3) is 5.75. The van der Waals surface area contributed by atoms with E-state index in [0.717, 1.165) is 0 Å². The van der Waals surface area contributed by atoms with Crippen LogP contribution in [0.3, 0.4) is 0 Å². The second kappa shape index (κ2) is 11.9. The lowest BCUT2D eigenvalue weighted by Crippen LogP contribution is -2.57. The minimum Gasteiger partial charge on any atom is -0.501 e. The van der Waals surface area contributed by atoms with Crippen molar-refractivity contribution in [3.8, 4) is 5.75 Å². The number of aromatic hydroxyl groups is 1. The normalized spacial score (nSPS) is 21.3. The van der Waals surface area contributed by atoms with E-state index in [4.69, 9.17) is 0 Å². The van der Waals surface area contributed by atoms with Crippen LogP contribution in [-0.4, -0.2) is 85.7 Å². The van der Waals surface area contributed by atoms with Gasteiger partial charge in [0.15, 0.2) is 10.7 Å². The first-order valence-corrected chi connectivity index (χ1v) is 16.3. The molecule has 0 spiro atoms. The molecule has 1 aliphatic carbocycles. The molecule has 1 saturated carbocycles. The highest BCUT2D eigenvalue weighted by molar-refractivity contribution is 7.89. The Hall–Kier alpha value is -4.64. The molecule has 3 aromatic rings. The van der Waals surface area contributed by atoms with Crippen LogP contribution in [0.1, 0.15) is 47.6 Å². The molecule has 1 aromatic carbocycles. The Balaban J connectivity index is 1.20. The minimum absolute atomic E-state index is 0.0199. The molecule has 3 amide bonds. The standard InChI is InChI=1S/C29H33FN8O7S/c1-35-16-21(32-17-35)46(44,45)37-12-10-36(11-13-37)27(43)25(41)34-29-8-6-19(7-9-29)15-38-26(42)23(39)22(33-28(29)38)24(40)31-14-18-2-4-20(30)5-3-18/h2-5,16-17,19,39H,6-15H2,1H3,(H,31,40)(H,34,41). The van der Waals surface area contributed by atoms with Gasteiger partial charge < -0.3 is 25.2 Å². The molecule has 2 fully saturated rings. The first-order chi connectivity index (χ1) is 21.9. The van der Waals surface area contributed by atoms with Gasteiger partial charge in [-0.3, -0.25) is 23.7 Å². The number of nitrogens with zero attached hydrogens (tertiary/aromatic N) is 6. The van der Waals surface area contributed by atoms with Crippen molar-refractivity contribution >= 4 is 27.7 Å². The molecule has 2 aromatic heterocycles. The molecule has 3 N–H and O–H groups in total. The lowest BCUT2D eigenvalue weighted by Gasteiger charge is -2.38. The Kier molecular flexibility index (Phi) is 8.14. The summed E-state index contributed by atoms with van der Waals surface area (Å²) in [5.74, 6) is -3.78. The number of nitrogens with one attached hydrogen (secondary N) is 2. The van der Waals surface area contributed by atoms with Crippen LogP contribution in [0.4, 0.5) is 4.39 Å². The monoisotopic (exact) mass is 656 g/mol. The highest BCUT2D eigenvalue weighted by Gasteiger charge is 2.47. The number of aromatic nitrogens is 4. The Bertz CT molecular complexity index is 1860. The van der Waals surface area contributed by atoms with E-state index >= 15 is 0 Å². The number of piperazine rings is 1. The quantitative estimate of drug-likeness (QED) is 0.302. The van der Waals surface area contributed by atoms with Gasteiger partial charge >= 0.3 is 11.8 Å². The molecule has 3 aliphatic heterocycles. The molecule has 244 valence electrons. The van der Waals surface area contributed by atoms with Gasteiger partial charge in [0.25, 0.3) is 21.5 Å². The van der Waals surface area contributed by atoms with Crippen LogP contribution in [0.2, 0.25) is 0 Å². The summed E-state index contributed by atoms with van der Waals surface area (Å²) in [6, 6.07) is 5.43. The van der Waals surface area contributed by atoms with Crippen molar-refractivity contribution in [2.24, 2.45) is 13.0 Å². The number of hydrogen-bond acceptors (Lipinski definition) is 9. The number of imidazole rings is 1. The topological polar surface area (TPSA) is 189 Å². The molecule has 5 heterocycles. The van der Waals surface area contributed by atoms with E-state index in [9.17, 15) is 37.1 Å². The van der Waals surface area contributed by atoms with Gasteiger partial charge in [0.05, 0.1) is 11.9 Å². The molecule has 0 radical (unpaired) electrons. The summed E-state index contributed by atoms with van der Waals surface area (Å²) >= 11 is 0. The van der Waals surface area contributed by atoms with Crippen molar-refractivity contribution in [1.82, 2.24) is 38.9 Å². The molecular weight excluding hydrogens is 623 g/mol. The zero-order valence-electron chi connectivity index (χ0n) is 25.0.